The molecule has 0 spiro atoms. The first-order valence-electron chi connectivity index (χ1n) is 9.41. The molecule has 8 heteroatoms. The molecule has 30 heavy (non-hydrogen) atoms. The number of alkyl halides is 1. The van der Waals surface area contributed by atoms with E-state index >= 15 is 0 Å². The molecule has 0 bridgehead atoms. The molecule has 1 amide bonds. The SMILES string of the molecule is O=C1C(n2ccc(=O)n(C(=O)c3ccccc3)c2=O)CCN1c1ccc(CBr)cc1. The summed E-state index contributed by atoms with van der Waals surface area (Å²) in [6.07, 6.45) is 1.69. The van der Waals surface area contributed by atoms with Gasteiger partial charge in [-0.15, -0.1) is 0 Å². The first-order valence-corrected chi connectivity index (χ1v) is 10.5. The predicted molar refractivity (Wildman–Crippen MR) is 116 cm³/mol. The molecule has 1 aliphatic rings. The molecule has 0 radical (unpaired) electrons. The van der Waals surface area contributed by atoms with Crippen LogP contribution in [0.2, 0.25) is 0 Å². The standard InChI is InChI=1S/C22H18BrN3O4/c23-14-15-6-8-17(9-7-15)24-12-10-18(21(24)29)25-13-11-19(27)26(22(25)30)20(28)16-4-2-1-3-5-16/h1-9,11,13,18H,10,12,14H2. The summed E-state index contributed by atoms with van der Waals surface area (Å²) in [4.78, 5) is 52.7. The van der Waals surface area contributed by atoms with Gasteiger partial charge in [-0.25, -0.2) is 4.79 Å². The second kappa shape index (κ2) is 8.23. The molecular weight excluding hydrogens is 450 g/mol. The van der Waals surface area contributed by atoms with Gasteiger partial charge in [0, 0.05) is 35.4 Å². The smallest absolute Gasteiger partial charge is 0.311 e. The molecule has 2 heterocycles. The summed E-state index contributed by atoms with van der Waals surface area (Å²) in [7, 11) is 0. The van der Waals surface area contributed by atoms with Gasteiger partial charge in [-0.3, -0.25) is 19.0 Å². The van der Waals surface area contributed by atoms with Crippen molar-refractivity contribution in [2.75, 3.05) is 11.4 Å². The second-order valence-corrected chi connectivity index (χ2v) is 7.51. The van der Waals surface area contributed by atoms with Gasteiger partial charge in [0.1, 0.15) is 6.04 Å². The van der Waals surface area contributed by atoms with E-state index in [0.29, 0.717) is 17.5 Å². The van der Waals surface area contributed by atoms with Crippen LogP contribution in [0.1, 0.15) is 28.4 Å². The van der Waals surface area contributed by atoms with Crippen LogP contribution in [-0.4, -0.2) is 27.5 Å². The maximum absolute atomic E-state index is 13.0. The zero-order valence-electron chi connectivity index (χ0n) is 15.9. The lowest BCUT2D eigenvalue weighted by molar-refractivity contribution is -0.119. The first kappa shape index (κ1) is 20.0. The summed E-state index contributed by atoms with van der Waals surface area (Å²) in [5, 5.41) is 0.718. The van der Waals surface area contributed by atoms with Crippen molar-refractivity contribution < 1.29 is 9.59 Å². The normalized spacial score (nSPS) is 16.1. The third-order valence-electron chi connectivity index (χ3n) is 5.15. The minimum atomic E-state index is -0.814. The Bertz CT molecular complexity index is 1220. The molecular formula is C22H18BrN3O4. The number of halogens is 1. The van der Waals surface area contributed by atoms with E-state index in [1.807, 2.05) is 24.3 Å². The van der Waals surface area contributed by atoms with E-state index in [-0.39, 0.29) is 11.5 Å². The minimum absolute atomic E-state index is 0.223. The zero-order valence-corrected chi connectivity index (χ0v) is 17.5. The quantitative estimate of drug-likeness (QED) is 0.552. The van der Waals surface area contributed by atoms with Crippen LogP contribution in [0.5, 0.6) is 0 Å². The van der Waals surface area contributed by atoms with Gasteiger partial charge in [-0.1, -0.05) is 46.3 Å². The number of carbonyl (C=O) groups is 2. The van der Waals surface area contributed by atoms with Gasteiger partial charge in [0.15, 0.2) is 0 Å². The third-order valence-corrected chi connectivity index (χ3v) is 5.80. The predicted octanol–water partition coefficient (Wildman–Crippen LogP) is 2.57. The number of amides is 1. The number of benzene rings is 2. The lowest BCUT2D eigenvalue weighted by Gasteiger charge is -2.18. The van der Waals surface area contributed by atoms with Crippen LogP contribution in [0.15, 0.2) is 76.4 Å². The number of aromatic nitrogens is 2. The van der Waals surface area contributed by atoms with E-state index in [1.54, 1.807) is 23.1 Å². The Kier molecular flexibility index (Phi) is 5.50. The first-order chi connectivity index (χ1) is 14.5. The van der Waals surface area contributed by atoms with E-state index in [2.05, 4.69) is 15.9 Å². The van der Waals surface area contributed by atoms with Gasteiger partial charge in [0.25, 0.3) is 11.5 Å². The number of hydrogen-bond donors (Lipinski definition) is 0. The fourth-order valence-electron chi connectivity index (χ4n) is 3.57. The van der Waals surface area contributed by atoms with Crippen LogP contribution in [0.4, 0.5) is 5.69 Å². The molecule has 152 valence electrons. The van der Waals surface area contributed by atoms with Gasteiger partial charge < -0.3 is 4.90 Å². The fraction of sp³-hybridized carbons (Fsp3) is 0.182. The van der Waals surface area contributed by atoms with Gasteiger partial charge in [0.2, 0.25) is 5.91 Å². The molecule has 0 aliphatic carbocycles. The average Bonchev–Trinajstić information content (AvgIpc) is 3.15. The van der Waals surface area contributed by atoms with Gasteiger partial charge in [-0.2, -0.15) is 4.57 Å². The van der Waals surface area contributed by atoms with Crippen molar-refractivity contribution >= 4 is 33.4 Å². The molecule has 1 aromatic heterocycles. The van der Waals surface area contributed by atoms with Crippen molar-refractivity contribution in [3.05, 3.63) is 98.8 Å². The van der Waals surface area contributed by atoms with E-state index in [9.17, 15) is 19.2 Å². The Morgan fingerprint density at radius 1 is 0.967 bits per heavy atom. The Balaban J connectivity index is 1.68. The summed E-state index contributed by atoms with van der Waals surface area (Å²) < 4.78 is 1.76. The summed E-state index contributed by atoms with van der Waals surface area (Å²) in [5.74, 6) is -0.964. The van der Waals surface area contributed by atoms with Crippen molar-refractivity contribution in [3.63, 3.8) is 0 Å². The Morgan fingerprint density at radius 2 is 1.67 bits per heavy atom. The summed E-state index contributed by atoms with van der Waals surface area (Å²) in [5.41, 5.74) is 0.517. The molecule has 1 atom stereocenters. The summed E-state index contributed by atoms with van der Waals surface area (Å²) in [6, 6.07) is 16.0. The van der Waals surface area contributed by atoms with Crippen LogP contribution in [-0.2, 0) is 10.1 Å². The molecule has 1 aliphatic heterocycles. The number of nitrogens with zero attached hydrogens (tertiary/aromatic N) is 3. The third kappa shape index (κ3) is 3.54. The van der Waals surface area contributed by atoms with Gasteiger partial charge in [0.05, 0.1) is 0 Å². The molecule has 3 aromatic rings. The number of rotatable bonds is 4. The van der Waals surface area contributed by atoms with Crippen molar-refractivity contribution in [2.45, 2.75) is 17.8 Å². The number of anilines is 1. The molecule has 2 aromatic carbocycles. The topological polar surface area (TPSA) is 81.4 Å². The molecule has 1 unspecified atom stereocenters. The minimum Gasteiger partial charge on any atom is -0.311 e. The maximum Gasteiger partial charge on any atom is 0.338 e. The fourth-order valence-corrected chi connectivity index (χ4v) is 3.94. The lowest BCUT2D eigenvalue weighted by Crippen LogP contribution is -2.45. The van der Waals surface area contributed by atoms with E-state index in [1.165, 1.54) is 22.9 Å². The van der Waals surface area contributed by atoms with Crippen LogP contribution in [0.3, 0.4) is 0 Å². The lowest BCUT2D eigenvalue weighted by atomic mass is 10.2. The highest BCUT2D eigenvalue weighted by atomic mass is 79.9. The number of hydrogen-bond acceptors (Lipinski definition) is 4. The molecule has 7 nitrogen and oxygen atoms in total. The van der Waals surface area contributed by atoms with Crippen molar-refractivity contribution in [2.24, 2.45) is 0 Å². The monoisotopic (exact) mass is 467 g/mol. The van der Waals surface area contributed by atoms with E-state index in [4.69, 9.17) is 0 Å². The average molecular weight is 468 g/mol. The van der Waals surface area contributed by atoms with Crippen molar-refractivity contribution in [1.29, 1.82) is 0 Å². The van der Waals surface area contributed by atoms with Crippen molar-refractivity contribution in [3.8, 4) is 0 Å². The van der Waals surface area contributed by atoms with Crippen LogP contribution in [0.25, 0.3) is 0 Å². The van der Waals surface area contributed by atoms with Gasteiger partial charge in [-0.05, 0) is 36.2 Å². The second-order valence-electron chi connectivity index (χ2n) is 6.94. The molecule has 1 fully saturated rings. The van der Waals surface area contributed by atoms with Crippen molar-refractivity contribution in [1.82, 2.24) is 9.13 Å². The van der Waals surface area contributed by atoms with Crippen LogP contribution < -0.4 is 16.1 Å². The Morgan fingerprint density at radius 3 is 2.33 bits per heavy atom. The summed E-state index contributed by atoms with van der Waals surface area (Å²) in [6.45, 7) is 0.440. The van der Waals surface area contributed by atoms with Crippen LogP contribution >= 0.6 is 15.9 Å². The molecule has 0 saturated carbocycles. The highest BCUT2D eigenvalue weighted by molar-refractivity contribution is 9.08. The maximum atomic E-state index is 13.0. The van der Waals surface area contributed by atoms with Gasteiger partial charge >= 0.3 is 5.69 Å². The Labute approximate surface area is 180 Å². The van der Waals surface area contributed by atoms with Crippen LogP contribution in [0, 0.1) is 0 Å². The molecule has 0 N–H and O–H groups in total. The zero-order chi connectivity index (χ0) is 21.3. The summed E-state index contributed by atoms with van der Waals surface area (Å²) >= 11 is 3.39. The number of carbonyl (C=O) groups excluding carboxylic acids is 2. The van der Waals surface area contributed by atoms with E-state index in [0.717, 1.165) is 22.6 Å². The molecule has 1 saturated heterocycles. The van der Waals surface area contributed by atoms with E-state index < -0.39 is 23.2 Å². The molecule has 4 rings (SSSR count). The highest BCUT2D eigenvalue weighted by Crippen LogP contribution is 2.28. The Hall–Kier alpha value is -3.26. The largest absolute Gasteiger partial charge is 0.338 e. The highest BCUT2D eigenvalue weighted by Gasteiger charge is 2.35.